The van der Waals surface area contributed by atoms with Gasteiger partial charge in [0.25, 0.3) is 11.8 Å². The Morgan fingerprint density at radius 1 is 1.45 bits per heavy atom. The van der Waals surface area contributed by atoms with E-state index in [1.807, 2.05) is 0 Å². The number of ether oxygens (including phenoxy) is 1. The largest absolute Gasteiger partial charge is 0.495 e. The molecule has 0 saturated carbocycles. The van der Waals surface area contributed by atoms with Gasteiger partial charge in [0.05, 0.1) is 24.8 Å². The van der Waals surface area contributed by atoms with Gasteiger partial charge in [-0.2, -0.15) is 0 Å². The van der Waals surface area contributed by atoms with Gasteiger partial charge in [-0.15, -0.1) is 0 Å². The number of imide groups is 1. The molecule has 20 heavy (non-hydrogen) atoms. The van der Waals surface area contributed by atoms with Gasteiger partial charge in [-0.05, 0) is 12.1 Å². The summed E-state index contributed by atoms with van der Waals surface area (Å²) in [5.41, 5.74) is 6.21. The van der Waals surface area contributed by atoms with Crippen molar-refractivity contribution in [2.75, 3.05) is 19.9 Å². The van der Waals surface area contributed by atoms with Crippen LogP contribution in [0.15, 0.2) is 18.2 Å². The van der Waals surface area contributed by atoms with Crippen LogP contribution in [0.2, 0.25) is 0 Å². The molecule has 7 nitrogen and oxygen atoms in total. The summed E-state index contributed by atoms with van der Waals surface area (Å²) >= 11 is 0. The minimum absolute atomic E-state index is 0.0368. The van der Waals surface area contributed by atoms with Gasteiger partial charge in [-0.1, -0.05) is 6.07 Å². The van der Waals surface area contributed by atoms with Crippen molar-refractivity contribution >= 4 is 23.4 Å². The predicted octanol–water partition coefficient (Wildman–Crippen LogP) is -0.235. The molecule has 106 valence electrons. The number of carbonyl (C=O) groups is 3. The number of amides is 3. The van der Waals surface area contributed by atoms with Gasteiger partial charge >= 0.3 is 0 Å². The molecule has 2 rings (SSSR count). The Hall–Kier alpha value is -2.57. The molecule has 1 atom stereocenters. The summed E-state index contributed by atoms with van der Waals surface area (Å²) in [7, 11) is 2.83. The van der Waals surface area contributed by atoms with E-state index >= 15 is 0 Å². The topological polar surface area (TPSA) is 102 Å². The zero-order chi connectivity index (χ0) is 14.9. The van der Waals surface area contributed by atoms with E-state index < -0.39 is 17.9 Å². The second-order valence-electron chi connectivity index (χ2n) is 4.44. The lowest BCUT2D eigenvalue weighted by molar-refractivity contribution is -0.137. The summed E-state index contributed by atoms with van der Waals surface area (Å²) in [6.07, 6.45) is -0.0368. The number of likely N-dealkylation sites (tertiary alicyclic amines) is 1. The highest BCUT2D eigenvalue weighted by atomic mass is 16.5. The summed E-state index contributed by atoms with van der Waals surface area (Å²) in [5.74, 6) is -0.879. The van der Waals surface area contributed by atoms with Gasteiger partial charge in [0.1, 0.15) is 11.8 Å². The average Bonchev–Trinajstić information content (AvgIpc) is 2.66. The number of benzene rings is 1. The predicted molar refractivity (Wildman–Crippen MR) is 71.1 cm³/mol. The number of nitrogens with zero attached hydrogens (tertiary/aromatic N) is 1. The SMILES string of the molecule is COc1cccc(C(=O)NC2CC(=O)N(C)C2=O)c1N. The summed E-state index contributed by atoms with van der Waals surface area (Å²) in [6, 6.07) is 3.94. The number of likely N-dealkylation sites (N-methyl/N-ethyl adjacent to an activating group) is 1. The first-order chi connectivity index (χ1) is 9.45. The molecule has 1 unspecified atom stereocenters. The number of nitrogens with one attached hydrogen (secondary N) is 1. The number of anilines is 1. The van der Waals surface area contributed by atoms with Gasteiger partial charge in [0.2, 0.25) is 5.91 Å². The monoisotopic (exact) mass is 277 g/mol. The van der Waals surface area contributed by atoms with Crippen molar-refractivity contribution in [1.29, 1.82) is 0 Å². The Labute approximate surface area is 115 Å². The molecule has 3 N–H and O–H groups in total. The third-order valence-corrected chi connectivity index (χ3v) is 3.22. The van der Waals surface area contributed by atoms with Crippen LogP contribution in [0.4, 0.5) is 5.69 Å². The number of para-hydroxylation sites is 1. The molecule has 1 heterocycles. The van der Waals surface area contributed by atoms with Gasteiger partial charge in [-0.25, -0.2) is 0 Å². The fourth-order valence-corrected chi connectivity index (χ4v) is 2.02. The second-order valence-corrected chi connectivity index (χ2v) is 4.44. The third kappa shape index (κ3) is 2.29. The lowest BCUT2D eigenvalue weighted by Gasteiger charge is -2.13. The number of rotatable bonds is 3. The summed E-state index contributed by atoms with van der Waals surface area (Å²) < 4.78 is 5.03. The van der Waals surface area contributed by atoms with E-state index in [2.05, 4.69) is 5.32 Å². The maximum Gasteiger partial charge on any atom is 0.254 e. The number of nitrogens with two attached hydrogens (primary N) is 1. The van der Waals surface area contributed by atoms with E-state index in [1.54, 1.807) is 12.1 Å². The summed E-state index contributed by atoms with van der Waals surface area (Å²) in [5, 5.41) is 2.51. The van der Waals surface area contributed by atoms with E-state index in [0.29, 0.717) is 5.75 Å². The zero-order valence-corrected chi connectivity index (χ0v) is 11.2. The van der Waals surface area contributed by atoms with Gasteiger partial charge in [-0.3, -0.25) is 19.3 Å². The zero-order valence-electron chi connectivity index (χ0n) is 11.2. The Morgan fingerprint density at radius 2 is 2.15 bits per heavy atom. The van der Waals surface area contributed by atoms with Crippen molar-refractivity contribution in [3.63, 3.8) is 0 Å². The van der Waals surface area contributed by atoms with Crippen molar-refractivity contribution in [1.82, 2.24) is 10.2 Å². The molecule has 0 aliphatic carbocycles. The Morgan fingerprint density at radius 3 is 2.70 bits per heavy atom. The fraction of sp³-hybridized carbons (Fsp3) is 0.308. The van der Waals surface area contributed by atoms with Crippen molar-refractivity contribution in [3.05, 3.63) is 23.8 Å². The van der Waals surface area contributed by atoms with E-state index in [-0.39, 0.29) is 23.6 Å². The molecule has 0 radical (unpaired) electrons. The molecule has 7 heteroatoms. The molecule has 0 bridgehead atoms. The quantitative estimate of drug-likeness (QED) is 0.586. The van der Waals surface area contributed by atoms with E-state index in [0.717, 1.165) is 4.90 Å². The first-order valence-electron chi connectivity index (χ1n) is 5.99. The number of hydrogen-bond acceptors (Lipinski definition) is 5. The van der Waals surface area contributed by atoms with Crippen LogP contribution >= 0.6 is 0 Å². The minimum Gasteiger partial charge on any atom is -0.495 e. The van der Waals surface area contributed by atoms with Crippen LogP contribution in [-0.2, 0) is 9.59 Å². The van der Waals surface area contributed by atoms with Crippen LogP contribution in [-0.4, -0.2) is 42.8 Å². The summed E-state index contributed by atoms with van der Waals surface area (Å²) in [4.78, 5) is 36.2. The standard InChI is InChI=1S/C13H15N3O4/c1-16-10(17)6-8(13(16)19)15-12(18)7-4-3-5-9(20-2)11(7)14/h3-5,8H,6,14H2,1-2H3,(H,15,18). The maximum atomic E-state index is 12.1. The fourth-order valence-electron chi connectivity index (χ4n) is 2.02. The lowest BCUT2D eigenvalue weighted by Crippen LogP contribution is -2.40. The highest BCUT2D eigenvalue weighted by Gasteiger charge is 2.37. The van der Waals surface area contributed by atoms with Crippen LogP contribution in [0, 0.1) is 0 Å². The first kappa shape index (κ1) is 13.9. The summed E-state index contributed by atoms with van der Waals surface area (Å²) in [6.45, 7) is 0. The molecule has 1 saturated heterocycles. The lowest BCUT2D eigenvalue weighted by atomic mass is 10.1. The molecular weight excluding hydrogens is 262 g/mol. The minimum atomic E-state index is -0.842. The second kappa shape index (κ2) is 5.20. The Bertz CT molecular complexity index is 585. The van der Waals surface area contributed by atoms with Gasteiger partial charge in [0.15, 0.2) is 0 Å². The van der Waals surface area contributed by atoms with Crippen molar-refractivity contribution in [3.8, 4) is 5.75 Å². The number of hydrogen-bond donors (Lipinski definition) is 2. The molecule has 0 spiro atoms. The molecule has 0 aromatic heterocycles. The van der Waals surface area contributed by atoms with Crippen LogP contribution < -0.4 is 15.8 Å². The van der Waals surface area contributed by atoms with Gasteiger partial charge < -0.3 is 15.8 Å². The molecule has 3 amide bonds. The van der Waals surface area contributed by atoms with E-state index in [9.17, 15) is 14.4 Å². The Kier molecular flexibility index (Phi) is 3.60. The van der Waals surface area contributed by atoms with E-state index in [1.165, 1.54) is 20.2 Å². The number of nitrogen functional groups attached to an aromatic ring is 1. The van der Waals surface area contributed by atoms with Crippen molar-refractivity contribution < 1.29 is 19.1 Å². The van der Waals surface area contributed by atoms with Crippen LogP contribution in [0.5, 0.6) is 5.75 Å². The number of methoxy groups -OCH3 is 1. The average molecular weight is 277 g/mol. The van der Waals surface area contributed by atoms with Crippen LogP contribution in [0.3, 0.4) is 0 Å². The normalized spacial score (nSPS) is 18.3. The van der Waals surface area contributed by atoms with Crippen LogP contribution in [0.25, 0.3) is 0 Å². The van der Waals surface area contributed by atoms with Crippen molar-refractivity contribution in [2.24, 2.45) is 0 Å². The Balaban J connectivity index is 2.18. The third-order valence-electron chi connectivity index (χ3n) is 3.22. The number of carbonyl (C=O) groups excluding carboxylic acids is 3. The van der Waals surface area contributed by atoms with E-state index in [4.69, 9.17) is 10.5 Å². The smallest absolute Gasteiger partial charge is 0.254 e. The highest BCUT2D eigenvalue weighted by Crippen LogP contribution is 2.25. The molecule has 1 fully saturated rings. The molecule has 1 aliphatic rings. The van der Waals surface area contributed by atoms with Crippen LogP contribution in [0.1, 0.15) is 16.8 Å². The first-order valence-corrected chi connectivity index (χ1v) is 5.99. The maximum absolute atomic E-state index is 12.1. The molecule has 1 aliphatic heterocycles. The van der Waals surface area contributed by atoms with Gasteiger partial charge in [0, 0.05) is 7.05 Å². The van der Waals surface area contributed by atoms with Crippen molar-refractivity contribution in [2.45, 2.75) is 12.5 Å². The highest BCUT2D eigenvalue weighted by molar-refractivity contribution is 6.09. The molecular formula is C13H15N3O4. The molecule has 1 aromatic carbocycles. The molecule has 1 aromatic rings.